The molecule has 1 aromatic heterocycles. The van der Waals surface area contributed by atoms with Crippen molar-refractivity contribution >= 4 is 11.9 Å². The number of nitrogens with zero attached hydrogens (tertiary/aromatic N) is 1. The van der Waals surface area contributed by atoms with E-state index in [1.54, 1.807) is 26.0 Å². The maximum atomic E-state index is 11.7. The van der Waals surface area contributed by atoms with Crippen LogP contribution < -0.4 is 5.32 Å². The summed E-state index contributed by atoms with van der Waals surface area (Å²) in [6, 6.07) is 2.74. The molecule has 2 N–H and O–H groups in total. The summed E-state index contributed by atoms with van der Waals surface area (Å²) in [6.07, 6.45) is 3.03. The minimum atomic E-state index is -0.928. The molecule has 0 aliphatic rings. The van der Waals surface area contributed by atoms with Gasteiger partial charge in [-0.25, -0.2) is 0 Å². The van der Waals surface area contributed by atoms with E-state index in [9.17, 15) is 9.59 Å². The van der Waals surface area contributed by atoms with Gasteiger partial charge >= 0.3 is 5.97 Å². The summed E-state index contributed by atoms with van der Waals surface area (Å²) in [7, 11) is 0. The molecule has 5 heteroatoms. The van der Waals surface area contributed by atoms with E-state index < -0.39 is 17.9 Å². The summed E-state index contributed by atoms with van der Waals surface area (Å²) >= 11 is 0. The normalized spacial score (nSPS) is 13.9. The smallest absolute Gasteiger partial charge is 0.308 e. The lowest BCUT2D eigenvalue weighted by atomic mass is 10.0. The van der Waals surface area contributed by atoms with E-state index in [2.05, 4.69) is 10.3 Å². The standard InChI is InChI=1S/C11H14N2O3/c1-7(11(15)16)8(2)13-10(14)9-3-5-12-6-4-9/h3-8H,1-2H3,(H,13,14)(H,15,16). The van der Waals surface area contributed by atoms with Gasteiger partial charge in [-0.05, 0) is 26.0 Å². The van der Waals surface area contributed by atoms with Crippen molar-refractivity contribution < 1.29 is 14.7 Å². The highest BCUT2D eigenvalue weighted by molar-refractivity contribution is 5.94. The van der Waals surface area contributed by atoms with Crippen LogP contribution in [0.5, 0.6) is 0 Å². The Labute approximate surface area is 93.5 Å². The summed E-state index contributed by atoms with van der Waals surface area (Å²) in [4.78, 5) is 26.1. The second-order valence-electron chi connectivity index (χ2n) is 3.62. The van der Waals surface area contributed by atoms with E-state index in [0.29, 0.717) is 5.56 Å². The molecule has 16 heavy (non-hydrogen) atoms. The van der Waals surface area contributed by atoms with Crippen LogP contribution in [0.25, 0.3) is 0 Å². The van der Waals surface area contributed by atoms with E-state index in [-0.39, 0.29) is 5.91 Å². The van der Waals surface area contributed by atoms with E-state index in [4.69, 9.17) is 5.11 Å². The van der Waals surface area contributed by atoms with Crippen LogP contribution in [0.4, 0.5) is 0 Å². The monoisotopic (exact) mass is 222 g/mol. The Morgan fingerprint density at radius 1 is 1.31 bits per heavy atom. The largest absolute Gasteiger partial charge is 0.481 e. The number of carbonyl (C=O) groups excluding carboxylic acids is 1. The first-order chi connectivity index (χ1) is 7.52. The molecule has 2 atom stereocenters. The molecule has 0 aliphatic heterocycles. The van der Waals surface area contributed by atoms with Gasteiger partial charge in [0.15, 0.2) is 0 Å². The maximum Gasteiger partial charge on any atom is 0.308 e. The zero-order valence-corrected chi connectivity index (χ0v) is 9.18. The van der Waals surface area contributed by atoms with Gasteiger partial charge in [-0.1, -0.05) is 0 Å². The first kappa shape index (κ1) is 12.2. The Morgan fingerprint density at radius 3 is 2.38 bits per heavy atom. The Balaban J connectivity index is 2.62. The van der Waals surface area contributed by atoms with Gasteiger partial charge in [0.2, 0.25) is 0 Å². The molecule has 5 nitrogen and oxygen atoms in total. The predicted octanol–water partition coefficient (Wildman–Crippen LogP) is 0.921. The predicted molar refractivity (Wildman–Crippen MR) is 58.0 cm³/mol. The van der Waals surface area contributed by atoms with Gasteiger partial charge in [0.25, 0.3) is 5.91 Å². The van der Waals surface area contributed by atoms with Crippen LogP contribution in [-0.4, -0.2) is 28.0 Å². The van der Waals surface area contributed by atoms with Crippen molar-refractivity contribution in [3.63, 3.8) is 0 Å². The fourth-order valence-corrected chi connectivity index (χ4v) is 1.13. The van der Waals surface area contributed by atoms with Crippen molar-refractivity contribution in [3.8, 4) is 0 Å². The van der Waals surface area contributed by atoms with Crippen molar-refractivity contribution in [3.05, 3.63) is 30.1 Å². The zero-order chi connectivity index (χ0) is 12.1. The van der Waals surface area contributed by atoms with Crippen molar-refractivity contribution in [1.29, 1.82) is 0 Å². The lowest BCUT2D eigenvalue weighted by Crippen LogP contribution is -2.40. The quantitative estimate of drug-likeness (QED) is 0.794. The Kier molecular flexibility index (Phi) is 3.99. The second-order valence-corrected chi connectivity index (χ2v) is 3.62. The number of rotatable bonds is 4. The van der Waals surface area contributed by atoms with Gasteiger partial charge in [-0.15, -0.1) is 0 Å². The number of nitrogens with one attached hydrogen (secondary N) is 1. The third kappa shape index (κ3) is 3.05. The van der Waals surface area contributed by atoms with Crippen molar-refractivity contribution in [2.75, 3.05) is 0 Å². The molecule has 0 fully saturated rings. The average molecular weight is 222 g/mol. The van der Waals surface area contributed by atoms with Crippen LogP contribution in [0.15, 0.2) is 24.5 Å². The molecule has 1 amide bonds. The highest BCUT2D eigenvalue weighted by Crippen LogP contribution is 2.04. The molecule has 0 aliphatic carbocycles. The Morgan fingerprint density at radius 2 is 1.88 bits per heavy atom. The zero-order valence-electron chi connectivity index (χ0n) is 9.18. The van der Waals surface area contributed by atoms with Crippen molar-refractivity contribution in [2.24, 2.45) is 5.92 Å². The number of carboxylic acid groups (broad SMARTS) is 1. The summed E-state index contributed by atoms with van der Waals surface area (Å²) in [5.41, 5.74) is 0.472. The molecule has 0 saturated heterocycles. The third-order valence-electron chi connectivity index (χ3n) is 2.44. The summed E-state index contributed by atoms with van der Waals surface area (Å²) < 4.78 is 0. The van der Waals surface area contributed by atoms with E-state index >= 15 is 0 Å². The maximum absolute atomic E-state index is 11.7. The summed E-state index contributed by atoms with van der Waals surface area (Å²) in [6.45, 7) is 3.22. The number of hydrogen-bond donors (Lipinski definition) is 2. The molecule has 1 rings (SSSR count). The second kappa shape index (κ2) is 5.25. The third-order valence-corrected chi connectivity index (χ3v) is 2.44. The molecule has 0 spiro atoms. The van der Waals surface area contributed by atoms with Crippen LogP contribution in [-0.2, 0) is 4.79 Å². The molecule has 0 bridgehead atoms. The number of pyridine rings is 1. The van der Waals surface area contributed by atoms with Gasteiger partial charge in [0.05, 0.1) is 5.92 Å². The number of carbonyl (C=O) groups is 2. The van der Waals surface area contributed by atoms with Crippen molar-refractivity contribution in [1.82, 2.24) is 10.3 Å². The van der Waals surface area contributed by atoms with Gasteiger partial charge in [-0.3, -0.25) is 14.6 Å². The molecular weight excluding hydrogens is 208 g/mol. The molecule has 0 aromatic carbocycles. The minimum Gasteiger partial charge on any atom is -0.481 e. The summed E-state index contributed by atoms with van der Waals surface area (Å²) in [5, 5.41) is 11.4. The van der Waals surface area contributed by atoms with Crippen molar-refractivity contribution in [2.45, 2.75) is 19.9 Å². The highest BCUT2D eigenvalue weighted by Gasteiger charge is 2.21. The molecule has 0 radical (unpaired) electrons. The van der Waals surface area contributed by atoms with Gasteiger partial charge in [0.1, 0.15) is 0 Å². The number of amides is 1. The number of aliphatic carboxylic acids is 1. The average Bonchev–Trinajstić information content (AvgIpc) is 2.28. The molecular formula is C11H14N2O3. The Hall–Kier alpha value is -1.91. The van der Waals surface area contributed by atoms with Gasteiger partial charge in [0, 0.05) is 24.0 Å². The van der Waals surface area contributed by atoms with Crippen LogP contribution in [0.1, 0.15) is 24.2 Å². The highest BCUT2D eigenvalue weighted by atomic mass is 16.4. The van der Waals surface area contributed by atoms with Crippen LogP contribution in [0, 0.1) is 5.92 Å². The molecule has 1 heterocycles. The number of aromatic nitrogens is 1. The van der Waals surface area contributed by atoms with Gasteiger partial charge < -0.3 is 10.4 Å². The first-order valence-electron chi connectivity index (χ1n) is 4.96. The fourth-order valence-electron chi connectivity index (χ4n) is 1.13. The SMILES string of the molecule is CC(NC(=O)c1ccncc1)C(C)C(=O)O. The lowest BCUT2D eigenvalue weighted by Gasteiger charge is -2.17. The molecule has 86 valence electrons. The number of carboxylic acids is 1. The molecule has 2 unspecified atom stereocenters. The summed E-state index contributed by atoms with van der Waals surface area (Å²) in [5.74, 6) is -1.84. The van der Waals surface area contributed by atoms with E-state index in [1.165, 1.54) is 12.4 Å². The van der Waals surface area contributed by atoms with Crippen LogP contribution in [0.2, 0.25) is 0 Å². The fraction of sp³-hybridized carbons (Fsp3) is 0.364. The van der Waals surface area contributed by atoms with Crippen LogP contribution >= 0.6 is 0 Å². The minimum absolute atomic E-state index is 0.289. The number of hydrogen-bond acceptors (Lipinski definition) is 3. The van der Waals surface area contributed by atoms with E-state index in [0.717, 1.165) is 0 Å². The van der Waals surface area contributed by atoms with E-state index in [1.807, 2.05) is 0 Å². The molecule has 0 saturated carbocycles. The first-order valence-corrected chi connectivity index (χ1v) is 4.96. The topological polar surface area (TPSA) is 79.3 Å². The Bertz CT molecular complexity index is 378. The van der Waals surface area contributed by atoms with Crippen LogP contribution in [0.3, 0.4) is 0 Å². The van der Waals surface area contributed by atoms with Gasteiger partial charge in [-0.2, -0.15) is 0 Å². The molecule has 1 aromatic rings. The lowest BCUT2D eigenvalue weighted by molar-refractivity contribution is -0.141.